The summed E-state index contributed by atoms with van der Waals surface area (Å²) in [6.45, 7) is -0.0403. The van der Waals surface area contributed by atoms with E-state index in [1.54, 1.807) is 24.3 Å². The number of rotatable bonds is 9. The van der Waals surface area contributed by atoms with E-state index in [4.69, 9.17) is 9.26 Å². The first-order chi connectivity index (χ1) is 17.8. The maximum atomic E-state index is 13.1. The number of para-hydroxylation sites is 1. The fourth-order valence-electron chi connectivity index (χ4n) is 4.19. The molecule has 37 heavy (non-hydrogen) atoms. The third-order valence-corrected chi connectivity index (χ3v) is 5.99. The summed E-state index contributed by atoms with van der Waals surface area (Å²) in [4.78, 5) is 11.3. The molecule has 4 aromatic rings. The standard InChI is InChI=1S/C28H22F3NO5/c29-28(30,31)36-23-9-5-4-8-21(23)26-22(27(37-32-26)19-11-12-19)16-35-24-14-17(15-25(33)34)10-13-20(24)18-6-2-1-3-7-18/h1-10,13-14,19H,11-12,15-16H2,(H,33,34). The Morgan fingerprint density at radius 1 is 0.973 bits per heavy atom. The van der Waals surface area contributed by atoms with Crippen molar-refractivity contribution in [1.82, 2.24) is 5.16 Å². The number of hydrogen-bond acceptors (Lipinski definition) is 5. The lowest BCUT2D eigenvalue weighted by molar-refractivity contribution is -0.274. The molecular weight excluding hydrogens is 487 g/mol. The van der Waals surface area contributed by atoms with Gasteiger partial charge < -0.3 is 19.1 Å². The zero-order valence-corrected chi connectivity index (χ0v) is 19.5. The lowest BCUT2D eigenvalue weighted by Crippen LogP contribution is -2.17. The van der Waals surface area contributed by atoms with E-state index in [1.807, 2.05) is 30.3 Å². The Morgan fingerprint density at radius 2 is 1.70 bits per heavy atom. The minimum Gasteiger partial charge on any atom is -0.488 e. The number of hydrogen-bond donors (Lipinski definition) is 1. The van der Waals surface area contributed by atoms with E-state index in [2.05, 4.69) is 9.89 Å². The van der Waals surface area contributed by atoms with Gasteiger partial charge in [0.2, 0.25) is 0 Å². The Bertz CT molecular complexity index is 1410. The summed E-state index contributed by atoms with van der Waals surface area (Å²) in [7, 11) is 0. The smallest absolute Gasteiger partial charge is 0.488 e. The van der Waals surface area contributed by atoms with Gasteiger partial charge in [-0.1, -0.05) is 59.8 Å². The summed E-state index contributed by atoms with van der Waals surface area (Å²) < 4.78 is 55.2. The van der Waals surface area contributed by atoms with Gasteiger partial charge in [-0.3, -0.25) is 4.79 Å². The van der Waals surface area contributed by atoms with Gasteiger partial charge in [-0.25, -0.2) is 0 Å². The van der Waals surface area contributed by atoms with Crippen LogP contribution in [-0.2, 0) is 17.8 Å². The predicted molar refractivity (Wildman–Crippen MR) is 128 cm³/mol. The van der Waals surface area contributed by atoms with Crippen molar-refractivity contribution in [2.24, 2.45) is 0 Å². The first-order valence-corrected chi connectivity index (χ1v) is 11.6. The fourth-order valence-corrected chi connectivity index (χ4v) is 4.19. The van der Waals surface area contributed by atoms with E-state index in [9.17, 15) is 23.1 Å². The number of aromatic nitrogens is 1. The summed E-state index contributed by atoms with van der Waals surface area (Å²) in [6.07, 6.45) is -3.29. The maximum Gasteiger partial charge on any atom is 0.573 e. The molecule has 1 aliphatic rings. The van der Waals surface area contributed by atoms with Gasteiger partial charge >= 0.3 is 12.3 Å². The summed E-state index contributed by atoms with van der Waals surface area (Å²) in [5.41, 5.74) is 3.06. The second kappa shape index (κ2) is 10.0. The van der Waals surface area contributed by atoms with Crippen LogP contribution in [0, 0.1) is 0 Å². The Balaban J connectivity index is 1.52. The Kier molecular flexibility index (Phi) is 6.60. The van der Waals surface area contributed by atoms with Gasteiger partial charge in [-0.15, -0.1) is 13.2 Å². The average Bonchev–Trinajstić information content (AvgIpc) is 3.62. The van der Waals surface area contributed by atoms with Crippen molar-refractivity contribution >= 4 is 5.97 Å². The molecule has 0 atom stereocenters. The van der Waals surface area contributed by atoms with Crippen LogP contribution in [0.15, 0.2) is 77.3 Å². The van der Waals surface area contributed by atoms with Gasteiger partial charge in [0.25, 0.3) is 0 Å². The number of nitrogens with zero attached hydrogens (tertiary/aromatic N) is 1. The molecule has 0 spiro atoms. The Hall–Kier alpha value is -4.27. The van der Waals surface area contributed by atoms with Gasteiger partial charge in [0.05, 0.1) is 12.0 Å². The zero-order chi connectivity index (χ0) is 26.0. The Labute approximate surface area is 210 Å². The van der Waals surface area contributed by atoms with Crippen LogP contribution in [0.3, 0.4) is 0 Å². The van der Waals surface area contributed by atoms with Crippen LogP contribution in [-0.4, -0.2) is 22.6 Å². The topological polar surface area (TPSA) is 81.8 Å². The molecule has 1 saturated carbocycles. The summed E-state index contributed by atoms with van der Waals surface area (Å²) in [5.74, 6) is -0.238. The van der Waals surface area contributed by atoms with Gasteiger partial charge in [-0.2, -0.15) is 0 Å². The molecule has 190 valence electrons. The first kappa shape index (κ1) is 24.4. The van der Waals surface area contributed by atoms with Gasteiger partial charge in [0.1, 0.15) is 29.6 Å². The SMILES string of the molecule is O=C(O)Cc1ccc(-c2ccccc2)c(OCc2c(-c3ccccc3OC(F)(F)F)noc2C2CC2)c1. The molecule has 1 N–H and O–H groups in total. The molecule has 1 aliphatic carbocycles. The van der Waals surface area contributed by atoms with Crippen LogP contribution in [0.5, 0.6) is 11.5 Å². The largest absolute Gasteiger partial charge is 0.573 e. The molecule has 0 bridgehead atoms. The average molecular weight is 509 g/mol. The van der Waals surface area contributed by atoms with Crippen molar-refractivity contribution in [2.45, 2.75) is 38.1 Å². The number of halogens is 3. The second-order valence-corrected chi connectivity index (χ2v) is 8.75. The normalized spacial score (nSPS) is 13.4. The monoisotopic (exact) mass is 509 g/mol. The van der Waals surface area contributed by atoms with Crippen molar-refractivity contribution in [3.05, 3.63) is 89.7 Å². The summed E-state index contributed by atoms with van der Waals surface area (Å²) in [6, 6.07) is 20.4. The number of benzene rings is 3. The van der Waals surface area contributed by atoms with Crippen LogP contribution < -0.4 is 9.47 Å². The van der Waals surface area contributed by atoms with Crippen LogP contribution in [0.2, 0.25) is 0 Å². The van der Waals surface area contributed by atoms with E-state index >= 15 is 0 Å². The molecule has 1 aromatic heterocycles. The van der Waals surface area contributed by atoms with Crippen molar-refractivity contribution in [3.63, 3.8) is 0 Å². The van der Waals surface area contributed by atoms with Crippen LogP contribution in [0.1, 0.15) is 35.6 Å². The number of aliphatic carboxylic acids is 1. The molecular formula is C28H22F3NO5. The predicted octanol–water partition coefficient (Wildman–Crippen LogP) is 6.99. The number of ether oxygens (including phenoxy) is 2. The molecule has 5 rings (SSSR count). The van der Waals surface area contributed by atoms with E-state index in [1.165, 1.54) is 18.2 Å². The highest BCUT2D eigenvalue weighted by Crippen LogP contribution is 2.46. The molecule has 6 nitrogen and oxygen atoms in total. The fraction of sp³-hybridized carbons (Fsp3) is 0.214. The second-order valence-electron chi connectivity index (χ2n) is 8.75. The molecule has 0 unspecified atom stereocenters. The molecule has 1 fully saturated rings. The van der Waals surface area contributed by atoms with E-state index in [0.29, 0.717) is 22.6 Å². The molecule has 3 aromatic carbocycles. The maximum absolute atomic E-state index is 13.1. The van der Waals surface area contributed by atoms with Crippen molar-refractivity contribution in [3.8, 4) is 33.9 Å². The number of carbonyl (C=O) groups is 1. The molecule has 9 heteroatoms. The minimum atomic E-state index is -4.87. The number of carboxylic acid groups (broad SMARTS) is 1. The zero-order valence-electron chi connectivity index (χ0n) is 19.5. The molecule has 1 heterocycles. The van der Waals surface area contributed by atoms with Crippen molar-refractivity contribution in [1.29, 1.82) is 0 Å². The summed E-state index contributed by atoms with van der Waals surface area (Å²) in [5, 5.41) is 13.4. The quantitative estimate of drug-likeness (QED) is 0.262. The molecule has 0 aliphatic heterocycles. The summed E-state index contributed by atoms with van der Waals surface area (Å²) >= 11 is 0. The third-order valence-electron chi connectivity index (χ3n) is 5.99. The lowest BCUT2D eigenvalue weighted by atomic mass is 10.0. The Morgan fingerprint density at radius 3 is 2.41 bits per heavy atom. The molecule has 0 amide bonds. The number of carboxylic acids is 1. The van der Waals surface area contributed by atoms with E-state index in [0.717, 1.165) is 24.0 Å². The van der Waals surface area contributed by atoms with Crippen LogP contribution in [0.25, 0.3) is 22.4 Å². The van der Waals surface area contributed by atoms with Gasteiger partial charge in [-0.05, 0) is 42.2 Å². The van der Waals surface area contributed by atoms with E-state index in [-0.39, 0.29) is 36.0 Å². The molecule has 0 saturated heterocycles. The van der Waals surface area contributed by atoms with Crippen molar-refractivity contribution in [2.75, 3.05) is 0 Å². The highest BCUT2D eigenvalue weighted by Gasteiger charge is 2.36. The van der Waals surface area contributed by atoms with Gasteiger partial charge in [0, 0.05) is 17.0 Å². The number of alkyl halides is 3. The van der Waals surface area contributed by atoms with Gasteiger partial charge in [0.15, 0.2) is 0 Å². The van der Waals surface area contributed by atoms with Crippen LogP contribution in [0.4, 0.5) is 13.2 Å². The lowest BCUT2D eigenvalue weighted by Gasteiger charge is -2.15. The van der Waals surface area contributed by atoms with Crippen LogP contribution >= 0.6 is 0 Å². The van der Waals surface area contributed by atoms with E-state index < -0.39 is 12.3 Å². The minimum absolute atomic E-state index is 0.0403. The third kappa shape index (κ3) is 5.77. The molecule has 0 radical (unpaired) electrons. The highest BCUT2D eigenvalue weighted by atomic mass is 19.4. The van der Waals surface area contributed by atoms with Crippen molar-refractivity contribution < 1.29 is 37.1 Å². The first-order valence-electron chi connectivity index (χ1n) is 11.6. The highest BCUT2D eigenvalue weighted by molar-refractivity contribution is 5.75.